The number of nitrogens with two attached hydrogens (primary N) is 1. The number of imidazole rings is 1. The summed E-state index contributed by atoms with van der Waals surface area (Å²) < 4.78 is 10.4. The fraction of sp³-hybridized carbons (Fsp3) is 0.667. The number of carbonyl (C=O) groups is 3. The van der Waals surface area contributed by atoms with Gasteiger partial charge in [0.05, 0.1) is 18.7 Å². The molecular formula is C24H36N4O5. The average molecular weight is 461 g/mol. The first-order chi connectivity index (χ1) is 15.6. The van der Waals surface area contributed by atoms with E-state index in [2.05, 4.69) is 4.98 Å². The van der Waals surface area contributed by atoms with Gasteiger partial charge in [-0.15, -0.1) is 0 Å². The van der Waals surface area contributed by atoms with Gasteiger partial charge in [-0.3, -0.25) is 9.59 Å². The molecule has 2 heterocycles. The summed E-state index contributed by atoms with van der Waals surface area (Å²) in [5.74, 6) is 0.328. The van der Waals surface area contributed by atoms with Crippen molar-refractivity contribution in [3.8, 4) is 0 Å². The Bertz CT molecular complexity index is 885. The molecule has 2 amide bonds. The molecule has 0 unspecified atom stereocenters. The summed E-state index contributed by atoms with van der Waals surface area (Å²) in [7, 11) is 1.43. The molecule has 1 saturated carbocycles. The minimum absolute atomic E-state index is 0.0556. The highest BCUT2D eigenvalue weighted by Gasteiger charge is 2.34. The zero-order chi connectivity index (χ0) is 24.2. The van der Waals surface area contributed by atoms with Crippen LogP contribution in [0.25, 0.3) is 6.08 Å². The van der Waals surface area contributed by atoms with E-state index in [1.54, 1.807) is 11.0 Å². The first-order valence-electron chi connectivity index (χ1n) is 11.7. The number of likely N-dealkylation sites (tertiary alicyclic amines) is 1. The highest BCUT2D eigenvalue weighted by Crippen LogP contribution is 2.40. The van der Waals surface area contributed by atoms with Gasteiger partial charge in [0.1, 0.15) is 11.4 Å². The Labute approximate surface area is 195 Å². The Hall–Kier alpha value is -2.84. The largest absolute Gasteiger partial charge is 0.469 e. The predicted molar refractivity (Wildman–Crippen MR) is 123 cm³/mol. The van der Waals surface area contributed by atoms with Crippen LogP contribution in [-0.4, -0.2) is 58.6 Å². The minimum atomic E-state index is -0.529. The number of nitrogens with one attached hydrogen (secondary N) is 1. The molecule has 1 aliphatic heterocycles. The minimum Gasteiger partial charge on any atom is -0.469 e. The van der Waals surface area contributed by atoms with Gasteiger partial charge in [0.15, 0.2) is 0 Å². The molecule has 2 aliphatic rings. The number of rotatable bonds is 5. The van der Waals surface area contributed by atoms with Crippen molar-refractivity contribution in [1.29, 1.82) is 0 Å². The molecule has 3 rings (SSSR count). The summed E-state index contributed by atoms with van der Waals surface area (Å²) in [6.45, 7) is 6.82. The number of hydrogen-bond acceptors (Lipinski definition) is 6. The fourth-order valence-corrected chi connectivity index (χ4v) is 4.73. The van der Waals surface area contributed by atoms with E-state index in [4.69, 9.17) is 20.2 Å². The third-order valence-electron chi connectivity index (χ3n) is 6.39. The molecule has 182 valence electrons. The molecule has 0 aromatic carbocycles. The molecule has 33 heavy (non-hydrogen) atoms. The lowest BCUT2D eigenvalue weighted by Crippen LogP contribution is -2.41. The second-order valence-corrected chi connectivity index (χ2v) is 9.97. The van der Waals surface area contributed by atoms with Gasteiger partial charge in [0, 0.05) is 36.7 Å². The van der Waals surface area contributed by atoms with Crippen molar-refractivity contribution in [1.82, 2.24) is 14.9 Å². The summed E-state index contributed by atoms with van der Waals surface area (Å²) >= 11 is 0. The van der Waals surface area contributed by atoms with Crippen LogP contribution in [0, 0.1) is 5.92 Å². The molecule has 1 aliphatic carbocycles. The summed E-state index contributed by atoms with van der Waals surface area (Å²) in [5, 5.41) is 0. The van der Waals surface area contributed by atoms with Crippen LogP contribution in [0.3, 0.4) is 0 Å². The van der Waals surface area contributed by atoms with Crippen molar-refractivity contribution in [3.05, 3.63) is 23.3 Å². The number of primary amides is 1. The smallest absolute Gasteiger partial charge is 0.410 e. The van der Waals surface area contributed by atoms with Gasteiger partial charge in [0.25, 0.3) is 0 Å². The third kappa shape index (κ3) is 6.58. The zero-order valence-electron chi connectivity index (χ0n) is 20.1. The van der Waals surface area contributed by atoms with Crippen LogP contribution >= 0.6 is 0 Å². The van der Waals surface area contributed by atoms with E-state index in [0.717, 1.165) is 49.9 Å². The van der Waals surface area contributed by atoms with Crippen LogP contribution in [0.15, 0.2) is 6.08 Å². The summed E-state index contributed by atoms with van der Waals surface area (Å²) in [6.07, 6.45) is 7.46. The summed E-state index contributed by atoms with van der Waals surface area (Å²) in [6, 6.07) is 0. The number of esters is 1. The molecule has 9 heteroatoms. The second-order valence-electron chi connectivity index (χ2n) is 9.97. The van der Waals surface area contributed by atoms with E-state index in [0.29, 0.717) is 18.9 Å². The lowest BCUT2D eigenvalue weighted by molar-refractivity contribution is -0.146. The maximum absolute atomic E-state index is 12.4. The Kier molecular flexibility index (Phi) is 7.81. The molecule has 1 saturated heterocycles. The first kappa shape index (κ1) is 24.8. The fourth-order valence-electron chi connectivity index (χ4n) is 4.73. The summed E-state index contributed by atoms with van der Waals surface area (Å²) in [5.41, 5.74) is 6.79. The number of H-pyrrole nitrogens is 1. The number of aromatic nitrogens is 2. The highest BCUT2D eigenvalue weighted by molar-refractivity contribution is 5.89. The zero-order valence-corrected chi connectivity index (χ0v) is 20.1. The third-order valence-corrected chi connectivity index (χ3v) is 6.39. The van der Waals surface area contributed by atoms with Gasteiger partial charge in [-0.25, -0.2) is 9.78 Å². The Morgan fingerprint density at radius 1 is 1.06 bits per heavy atom. The standard InChI is InChI=1S/C24H36N4O5/c1-24(2,3)33-23(31)28-13-11-16(12-14-28)21-20(26-19(27-21)10-9-18(25)29)15-5-7-17(8-6-15)22(30)32-4/h9-10,15-17H,5-8,11-14H2,1-4H3,(H2,25,29)(H,26,27)/b10-9+. The van der Waals surface area contributed by atoms with E-state index < -0.39 is 11.5 Å². The topological polar surface area (TPSA) is 128 Å². The molecular weight excluding hydrogens is 424 g/mol. The van der Waals surface area contributed by atoms with Crippen LogP contribution in [0.4, 0.5) is 4.79 Å². The second kappa shape index (κ2) is 10.4. The molecule has 9 nitrogen and oxygen atoms in total. The number of aromatic amines is 1. The predicted octanol–water partition coefficient (Wildman–Crippen LogP) is 3.47. The van der Waals surface area contributed by atoms with Crippen molar-refractivity contribution in [2.75, 3.05) is 20.2 Å². The molecule has 0 spiro atoms. The monoisotopic (exact) mass is 460 g/mol. The molecule has 1 aromatic heterocycles. The van der Waals surface area contributed by atoms with Crippen molar-refractivity contribution in [2.45, 2.75) is 76.7 Å². The van der Waals surface area contributed by atoms with Gasteiger partial charge in [-0.05, 0) is 65.4 Å². The normalized spacial score (nSPS) is 22.4. The molecule has 3 N–H and O–H groups in total. The molecule has 1 aromatic rings. The number of piperidine rings is 1. The van der Waals surface area contributed by atoms with Crippen LogP contribution < -0.4 is 5.73 Å². The van der Waals surface area contributed by atoms with Crippen LogP contribution in [0.1, 0.15) is 88.3 Å². The SMILES string of the molecule is COC(=O)C1CCC(c2nc(/C=C/C(N)=O)[nH]c2C2CCN(C(=O)OC(C)(C)C)CC2)CC1. The van der Waals surface area contributed by atoms with Crippen LogP contribution in [-0.2, 0) is 19.1 Å². The van der Waals surface area contributed by atoms with E-state index >= 15 is 0 Å². The van der Waals surface area contributed by atoms with Crippen molar-refractivity contribution < 1.29 is 23.9 Å². The Morgan fingerprint density at radius 3 is 2.24 bits per heavy atom. The van der Waals surface area contributed by atoms with Gasteiger partial charge in [-0.2, -0.15) is 0 Å². The van der Waals surface area contributed by atoms with E-state index in [9.17, 15) is 14.4 Å². The molecule has 2 fully saturated rings. The lowest BCUT2D eigenvalue weighted by Gasteiger charge is -2.34. The van der Waals surface area contributed by atoms with Crippen LogP contribution in [0.2, 0.25) is 0 Å². The summed E-state index contributed by atoms with van der Waals surface area (Å²) in [4.78, 5) is 45.5. The number of hydrogen-bond donors (Lipinski definition) is 2. The number of amides is 2. The Balaban J connectivity index is 1.74. The van der Waals surface area contributed by atoms with Crippen molar-refractivity contribution in [3.63, 3.8) is 0 Å². The molecule has 0 radical (unpaired) electrons. The van der Waals surface area contributed by atoms with Crippen molar-refractivity contribution >= 4 is 24.0 Å². The molecule has 0 bridgehead atoms. The number of methoxy groups -OCH3 is 1. The van der Waals surface area contributed by atoms with Gasteiger partial charge >= 0.3 is 12.1 Å². The first-order valence-corrected chi connectivity index (χ1v) is 11.7. The number of nitrogens with zero attached hydrogens (tertiary/aromatic N) is 2. The van der Waals surface area contributed by atoms with Gasteiger partial charge in [-0.1, -0.05) is 0 Å². The quantitative estimate of drug-likeness (QED) is 0.511. The van der Waals surface area contributed by atoms with Gasteiger partial charge < -0.3 is 25.1 Å². The van der Waals surface area contributed by atoms with E-state index in [1.807, 2.05) is 20.8 Å². The maximum Gasteiger partial charge on any atom is 0.410 e. The number of ether oxygens (including phenoxy) is 2. The maximum atomic E-state index is 12.4. The Morgan fingerprint density at radius 2 is 1.70 bits per heavy atom. The lowest BCUT2D eigenvalue weighted by atomic mass is 9.78. The van der Waals surface area contributed by atoms with E-state index in [-0.39, 0.29) is 29.8 Å². The van der Waals surface area contributed by atoms with Crippen molar-refractivity contribution in [2.24, 2.45) is 11.7 Å². The average Bonchev–Trinajstić information content (AvgIpc) is 3.20. The van der Waals surface area contributed by atoms with E-state index in [1.165, 1.54) is 13.2 Å². The van der Waals surface area contributed by atoms with Crippen LogP contribution in [0.5, 0.6) is 0 Å². The molecule has 0 atom stereocenters. The number of carbonyl (C=O) groups excluding carboxylic acids is 3. The van der Waals surface area contributed by atoms with Gasteiger partial charge in [0.2, 0.25) is 5.91 Å². The highest BCUT2D eigenvalue weighted by atomic mass is 16.6.